The van der Waals surface area contributed by atoms with Crippen molar-refractivity contribution in [1.29, 1.82) is 0 Å². The number of amides is 1. The highest BCUT2D eigenvalue weighted by atomic mass is 32.2. The molecule has 6 heteroatoms. The van der Waals surface area contributed by atoms with Crippen molar-refractivity contribution in [2.45, 2.75) is 17.9 Å². The molecular weight excluding hydrogens is 336 g/mol. The van der Waals surface area contributed by atoms with Gasteiger partial charge in [-0.25, -0.2) is 8.42 Å². The summed E-state index contributed by atoms with van der Waals surface area (Å²) in [7, 11) is 0.441. The third-order valence-electron chi connectivity index (χ3n) is 4.35. The Balaban J connectivity index is 2.04. The van der Waals surface area contributed by atoms with E-state index in [1.807, 2.05) is 49.2 Å². The molecule has 0 saturated carbocycles. The molecule has 2 aromatic carbocycles. The molecule has 2 rings (SSSR count). The predicted molar refractivity (Wildman–Crippen MR) is 100 cm³/mol. The number of hydrogen-bond donors (Lipinski definition) is 0. The Morgan fingerprint density at radius 1 is 1.00 bits per heavy atom. The molecule has 0 aliphatic heterocycles. The van der Waals surface area contributed by atoms with E-state index in [4.69, 9.17) is 0 Å². The van der Waals surface area contributed by atoms with Crippen molar-refractivity contribution in [2.24, 2.45) is 0 Å². The average molecular weight is 360 g/mol. The summed E-state index contributed by atoms with van der Waals surface area (Å²) >= 11 is 0. The number of sulfone groups is 1. The number of para-hydroxylation sites is 1. The largest absolute Gasteiger partial charge is 0.314 e. The van der Waals surface area contributed by atoms with Crippen LogP contribution in [0.2, 0.25) is 0 Å². The SMILES string of the molecule is CC(c1ccc(S(C)(=O)=O)cc1)N(C)CC(=O)N(C)c1ccccc1. The first-order valence-corrected chi connectivity index (χ1v) is 9.91. The smallest absolute Gasteiger partial charge is 0.240 e. The molecule has 0 aliphatic rings. The Hall–Kier alpha value is -2.18. The number of likely N-dealkylation sites (N-methyl/N-ethyl adjacent to an activating group) is 2. The molecule has 0 heterocycles. The molecule has 1 atom stereocenters. The minimum atomic E-state index is -3.20. The van der Waals surface area contributed by atoms with Crippen LogP contribution in [-0.4, -0.2) is 46.1 Å². The van der Waals surface area contributed by atoms with Crippen molar-refractivity contribution in [1.82, 2.24) is 4.90 Å². The monoisotopic (exact) mass is 360 g/mol. The van der Waals surface area contributed by atoms with Gasteiger partial charge >= 0.3 is 0 Å². The number of carbonyl (C=O) groups excluding carboxylic acids is 1. The van der Waals surface area contributed by atoms with E-state index in [9.17, 15) is 13.2 Å². The molecule has 2 aromatic rings. The fourth-order valence-corrected chi connectivity index (χ4v) is 3.13. The number of benzene rings is 2. The van der Waals surface area contributed by atoms with Crippen LogP contribution in [0.1, 0.15) is 18.5 Å². The van der Waals surface area contributed by atoms with Crippen LogP contribution in [0.4, 0.5) is 5.69 Å². The van der Waals surface area contributed by atoms with Gasteiger partial charge in [0.1, 0.15) is 0 Å². The first-order valence-electron chi connectivity index (χ1n) is 8.02. The van der Waals surface area contributed by atoms with Crippen molar-refractivity contribution in [3.05, 3.63) is 60.2 Å². The lowest BCUT2D eigenvalue weighted by molar-refractivity contribution is -0.119. The van der Waals surface area contributed by atoms with Gasteiger partial charge in [-0.15, -0.1) is 0 Å². The Labute approximate surface area is 149 Å². The Bertz CT molecular complexity index is 818. The van der Waals surface area contributed by atoms with Crippen molar-refractivity contribution in [3.8, 4) is 0 Å². The van der Waals surface area contributed by atoms with Gasteiger partial charge in [0.25, 0.3) is 0 Å². The van der Waals surface area contributed by atoms with E-state index in [1.165, 1.54) is 6.26 Å². The Morgan fingerprint density at radius 2 is 1.56 bits per heavy atom. The van der Waals surface area contributed by atoms with Crippen molar-refractivity contribution >= 4 is 21.4 Å². The molecule has 0 saturated heterocycles. The number of rotatable bonds is 6. The molecule has 1 unspecified atom stereocenters. The third kappa shape index (κ3) is 4.90. The summed E-state index contributed by atoms with van der Waals surface area (Å²) in [6.45, 7) is 2.26. The summed E-state index contributed by atoms with van der Waals surface area (Å²) in [4.78, 5) is 16.4. The second kappa shape index (κ2) is 7.80. The Kier molecular flexibility index (Phi) is 5.98. The fraction of sp³-hybridized carbons (Fsp3) is 0.316. The molecule has 0 bridgehead atoms. The molecule has 0 radical (unpaired) electrons. The summed E-state index contributed by atoms with van der Waals surface area (Å²) in [6.07, 6.45) is 1.19. The van der Waals surface area contributed by atoms with E-state index >= 15 is 0 Å². The molecule has 0 fully saturated rings. The van der Waals surface area contributed by atoms with Crippen molar-refractivity contribution < 1.29 is 13.2 Å². The molecule has 1 amide bonds. The van der Waals surface area contributed by atoms with E-state index in [1.54, 1.807) is 36.2 Å². The van der Waals surface area contributed by atoms with Gasteiger partial charge < -0.3 is 4.90 Å². The van der Waals surface area contributed by atoms with Crippen molar-refractivity contribution in [2.75, 3.05) is 31.8 Å². The van der Waals surface area contributed by atoms with Crippen LogP contribution in [0, 0.1) is 0 Å². The van der Waals surface area contributed by atoms with Crippen LogP contribution in [0.25, 0.3) is 0 Å². The lowest BCUT2D eigenvalue weighted by Gasteiger charge is -2.27. The average Bonchev–Trinajstić information content (AvgIpc) is 2.60. The Morgan fingerprint density at radius 3 is 2.08 bits per heavy atom. The van der Waals surface area contributed by atoms with Gasteiger partial charge in [-0.1, -0.05) is 30.3 Å². The molecule has 0 aromatic heterocycles. The summed E-state index contributed by atoms with van der Waals surface area (Å²) in [5.74, 6) is -0.00620. The number of anilines is 1. The summed E-state index contributed by atoms with van der Waals surface area (Å²) < 4.78 is 23.1. The zero-order valence-corrected chi connectivity index (χ0v) is 15.8. The minimum absolute atomic E-state index is 0.00620. The first-order chi connectivity index (χ1) is 11.7. The molecule has 0 aliphatic carbocycles. The zero-order valence-electron chi connectivity index (χ0n) is 15.0. The third-order valence-corrected chi connectivity index (χ3v) is 5.48. The fourth-order valence-electron chi connectivity index (χ4n) is 2.50. The van der Waals surface area contributed by atoms with Gasteiger partial charge in [-0.3, -0.25) is 9.69 Å². The number of carbonyl (C=O) groups is 1. The van der Waals surface area contributed by atoms with Crippen LogP contribution in [0.5, 0.6) is 0 Å². The normalized spacial score (nSPS) is 12.8. The van der Waals surface area contributed by atoms with Gasteiger partial charge in [-0.2, -0.15) is 0 Å². The molecule has 5 nitrogen and oxygen atoms in total. The highest BCUT2D eigenvalue weighted by Crippen LogP contribution is 2.21. The maximum atomic E-state index is 12.5. The molecular formula is C19H24N2O3S. The van der Waals surface area contributed by atoms with Gasteiger partial charge in [0.15, 0.2) is 9.84 Å². The van der Waals surface area contributed by atoms with Crippen LogP contribution in [-0.2, 0) is 14.6 Å². The second-order valence-electron chi connectivity index (χ2n) is 6.22. The number of hydrogen-bond acceptors (Lipinski definition) is 4. The van der Waals surface area contributed by atoms with Gasteiger partial charge in [-0.05, 0) is 43.8 Å². The van der Waals surface area contributed by atoms with Gasteiger partial charge in [0.05, 0.1) is 11.4 Å². The lowest BCUT2D eigenvalue weighted by atomic mass is 10.1. The first kappa shape index (κ1) is 19.1. The van der Waals surface area contributed by atoms with E-state index in [-0.39, 0.29) is 18.5 Å². The van der Waals surface area contributed by atoms with E-state index in [0.717, 1.165) is 11.3 Å². The lowest BCUT2D eigenvalue weighted by Crippen LogP contribution is -2.37. The number of nitrogens with zero attached hydrogens (tertiary/aromatic N) is 2. The maximum Gasteiger partial charge on any atom is 0.240 e. The standard InChI is InChI=1S/C19H24N2O3S/c1-15(16-10-12-18(13-11-16)25(4,23)24)20(2)14-19(22)21(3)17-8-6-5-7-9-17/h5-13,15H,14H2,1-4H3. The summed E-state index contributed by atoms with van der Waals surface area (Å²) in [6, 6.07) is 16.3. The van der Waals surface area contributed by atoms with E-state index in [2.05, 4.69) is 0 Å². The summed E-state index contributed by atoms with van der Waals surface area (Å²) in [5.41, 5.74) is 1.82. The topological polar surface area (TPSA) is 57.7 Å². The van der Waals surface area contributed by atoms with Crippen LogP contribution < -0.4 is 4.90 Å². The maximum absolute atomic E-state index is 12.5. The van der Waals surface area contributed by atoms with Crippen LogP contribution >= 0.6 is 0 Å². The molecule has 134 valence electrons. The van der Waals surface area contributed by atoms with Crippen LogP contribution in [0.3, 0.4) is 0 Å². The summed E-state index contributed by atoms with van der Waals surface area (Å²) in [5, 5.41) is 0. The van der Waals surface area contributed by atoms with E-state index < -0.39 is 9.84 Å². The van der Waals surface area contributed by atoms with Crippen molar-refractivity contribution in [3.63, 3.8) is 0 Å². The van der Waals surface area contributed by atoms with Gasteiger partial charge in [0.2, 0.25) is 5.91 Å². The predicted octanol–water partition coefficient (Wildman–Crippen LogP) is 2.75. The van der Waals surface area contributed by atoms with Gasteiger partial charge in [0, 0.05) is 25.0 Å². The van der Waals surface area contributed by atoms with Crippen LogP contribution in [0.15, 0.2) is 59.5 Å². The van der Waals surface area contributed by atoms with E-state index in [0.29, 0.717) is 4.90 Å². The zero-order chi connectivity index (χ0) is 18.6. The molecule has 0 N–H and O–H groups in total. The molecule has 0 spiro atoms. The highest BCUT2D eigenvalue weighted by molar-refractivity contribution is 7.90. The molecule has 25 heavy (non-hydrogen) atoms. The minimum Gasteiger partial charge on any atom is -0.314 e. The quantitative estimate of drug-likeness (QED) is 0.795. The highest BCUT2D eigenvalue weighted by Gasteiger charge is 2.18. The second-order valence-corrected chi connectivity index (χ2v) is 8.24.